The normalized spacial score (nSPS) is 22.1. The van der Waals surface area contributed by atoms with E-state index in [9.17, 15) is 4.79 Å². The molecule has 2 atom stereocenters. The van der Waals surface area contributed by atoms with Gasteiger partial charge >= 0.3 is 0 Å². The van der Waals surface area contributed by atoms with E-state index in [-0.39, 0.29) is 5.91 Å². The van der Waals surface area contributed by atoms with Gasteiger partial charge in [0.25, 0.3) is 0 Å². The molecule has 0 aromatic heterocycles. The van der Waals surface area contributed by atoms with Crippen molar-refractivity contribution < 1.29 is 4.79 Å². The lowest BCUT2D eigenvalue weighted by Crippen LogP contribution is -2.41. The average molecular weight is 281 g/mol. The molecule has 21 heavy (non-hydrogen) atoms. The molecule has 3 rings (SSSR count). The second-order valence-electron chi connectivity index (χ2n) is 6.29. The monoisotopic (exact) mass is 281 g/mol. The van der Waals surface area contributed by atoms with E-state index in [2.05, 4.69) is 42.6 Å². The molecular formula is C19H23NO. The van der Waals surface area contributed by atoms with Gasteiger partial charge in [-0.05, 0) is 35.1 Å². The fourth-order valence-corrected chi connectivity index (χ4v) is 3.32. The Balaban J connectivity index is 1.65. The largest absolute Gasteiger partial charge is 0.353 e. The van der Waals surface area contributed by atoms with E-state index in [1.807, 2.05) is 12.1 Å². The Morgan fingerprint density at radius 1 is 1.10 bits per heavy atom. The molecule has 110 valence electrons. The molecule has 1 aliphatic carbocycles. The van der Waals surface area contributed by atoms with E-state index in [1.54, 1.807) is 0 Å². The van der Waals surface area contributed by atoms with Gasteiger partial charge in [0.15, 0.2) is 0 Å². The zero-order valence-corrected chi connectivity index (χ0v) is 12.6. The van der Waals surface area contributed by atoms with Crippen LogP contribution >= 0.6 is 0 Å². The first-order valence-corrected chi connectivity index (χ1v) is 7.99. The molecule has 0 heterocycles. The minimum Gasteiger partial charge on any atom is -0.353 e. The third kappa shape index (κ3) is 3.44. The highest BCUT2D eigenvalue weighted by Crippen LogP contribution is 2.24. The van der Waals surface area contributed by atoms with Crippen molar-refractivity contribution in [1.29, 1.82) is 0 Å². The fourth-order valence-electron chi connectivity index (χ4n) is 3.32. The van der Waals surface area contributed by atoms with Crippen molar-refractivity contribution in [3.8, 4) is 0 Å². The summed E-state index contributed by atoms with van der Waals surface area (Å²) in [6.45, 7) is 2.25. The van der Waals surface area contributed by atoms with Gasteiger partial charge in [-0.3, -0.25) is 4.79 Å². The molecule has 0 saturated heterocycles. The maximum atomic E-state index is 12.3. The lowest BCUT2D eigenvalue weighted by atomic mass is 9.86. The number of nitrogens with one attached hydrogen (secondary N) is 1. The Hall–Kier alpha value is -1.83. The number of carbonyl (C=O) groups is 1. The minimum absolute atomic E-state index is 0.157. The Morgan fingerprint density at radius 2 is 1.86 bits per heavy atom. The van der Waals surface area contributed by atoms with Crippen molar-refractivity contribution in [2.24, 2.45) is 5.92 Å². The molecule has 0 unspecified atom stereocenters. The first kappa shape index (κ1) is 14.1. The van der Waals surface area contributed by atoms with Crippen molar-refractivity contribution in [1.82, 2.24) is 5.32 Å². The maximum absolute atomic E-state index is 12.3. The number of fused-ring (bicyclic) bond motifs is 1. The number of carbonyl (C=O) groups excluding carboxylic acids is 1. The van der Waals surface area contributed by atoms with Gasteiger partial charge in [0.2, 0.25) is 5.91 Å². The van der Waals surface area contributed by atoms with Gasteiger partial charge in [0.05, 0.1) is 6.42 Å². The van der Waals surface area contributed by atoms with Gasteiger partial charge in [-0.25, -0.2) is 0 Å². The van der Waals surface area contributed by atoms with Crippen LogP contribution in [-0.4, -0.2) is 11.9 Å². The van der Waals surface area contributed by atoms with E-state index >= 15 is 0 Å². The van der Waals surface area contributed by atoms with Gasteiger partial charge in [-0.2, -0.15) is 0 Å². The predicted molar refractivity (Wildman–Crippen MR) is 87.2 cm³/mol. The second-order valence-corrected chi connectivity index (χ2v) is 6.29. The van der Waals surface area contributed by atoms with Gasteiger partial charge < -0.3 is 5.32 Å². The number of benzene rings is 2. The number of hydrogen-bond donors (Lipinski definition) is 1. The van der Waals surface area contributed by atoms with Crippen LogP contribution in [0.3, 0.4) is 0 Å². The summed E-state index contributed by atoms with van der Waals surface area (Å²) in [5.41, 5.74) is 1.09. The average Bonchev–Trinajstić information content (AvgIpc) is 2.49. The first-order chi connectivity index (χ1) is 10.2. The van der Waals surface area contributed by atoms with Crippen LogP contribution in [0.1, 0.15) is 38.2 Å². The van der Waals surface area contributed by atoms with Gasteiger partial charge in [0, 0.05) is 6.04 Å². The molecular weight excluding hydrogens is 258 g/mol. The Kier molecular flexibility index (Phi) is 4.23. The second kappa shape index (κ2) is 6.30. The van der Waals surface area contributed by atoms with E-state index in [4.69, 9.17) is 0 Å². The lowest BCUT2D eigenvalue weighted by Gasteiger charge is -2.29. The summed E-state index contributed by atoms with van der Waals surface area (Å²) < 4.78 is 0. The van der Waals surface area contributed by atoms with E-state index in [0.29, 0.717) is 18.4 Å². The number of hydrogen-bond acceptors (Lipinski definition) is 1. The summed E-state index contributed by atoms with van der Waals surface area (Å²) in [7, 11) is 0. The van der Waals surface area contributed by atoms with Crippen molar-refractivity contribution in [3.63, 3.8) is 0 Å². The molecule has 1 N–H and O–H groups in total. The Morgan fingerprint density at radius 3 is 2.67 bits per heavy atom. The summed E-state index contributed by atoms with van der Waals surface area (Å²) in [5.74, 6) is 0.767. The van der Waals surface area contributed by atoms with Crippen molar-refractivity contribution >= 4 is 16.7 Å². The lowest BCUT2D eigenvalue weighted by molar-refractivity contribution is -0.121. The fraction of sp³-hybridized carbons (Fsp3) is 0.421. The smallest absolute Gasteiger partial charge is 0.224 e. The van der Waals surface area contributed by atoms with Crippen molar-refractivity contribution in [2.45, 2.75) is 45.1 Å². The summed E-state index contributed by atoms with van der Waals surface area (Å²) >= 11 is 0. The Bertz CT molecular complexity index is 634. The minimum atomic E-state index is 0.157. The predicted octanol–water partition coefficient (Wildman–Crippen LogP) is 4.08. The van der Waals surface area contributed by atoms with E-state index in [0.717, 1.165) is 12.0 Å². The highest BCUT2D eigenvalue weighted by atomic mass is 16.1. The summed E-state index contributed by atoms with van der Waals surface area (Å²) in [6, 6.07) is 14.9. The van der Waals surface area contributed by atoms with Crippen molar-refractivity contribution in [2.75, 3.05) is 0 Å². The van der Waals surface area contributed by atoms with Crippen LogP contribution in [0.2, 0.25) is 0 Å². The van der Waals surface area contributed by atoms with Gasteiger partial charge in [-0.15, -0.1) is 0 Å². The SMILES string of the molecule is C[C@H]1CCCC[C@H]1NC(=O)Cc1ccc2ccccc2c1. The number of amides is 1. The van der Waals surface area contributed by atoms with Crippen LogP contribution in [0.15, 0.2) is 42.5 Å². The zero-order chi connectivity index (χ0) is 14.7. The molecule has 0 bridgehead atoms. The molecule has 2 aromatic rings. The van der Waals surface area contributed by atoms with Crippen molar-refractivity contribution in [3.05, 3.63) is 48.0 Å². The molecule has 2 aromatic carbocycles. The molecule has 0 spiro atoms. The summed E-state index contributed by atoms with van der Waals surface area (Å²) in [4.78, 5) is 12.3. The highest BCUT2D eigenvalue weighted by Gasteiger charge is 2.22. The molecule has 0 aliphatic heterocycles. The van der Waals surface area contributed by atoms with Crippen LogP contribution in [0, 0.1) is 5.92 Å². The van der Waals surface area contributed by atoms with Gasteiger partial charge in [-0.1, -0.05) is 62.2 Å². The summed E-state index contributed by atoms with van der Waals surface area (Å²) in [6.07, 6.45) is 5.39. The molecule has 1 saturated carbocycles. The van der Waals surface area contributed by atoms with Crippen LogP contribution in [0.25, 0.3) is 10.8 Å². The molecule has 1 amide bonds. The van der Waals surface area contributed by atoms with E-state index < -0.39 is 0 Å². The van der Waals surface area contributed by atoms with Crippen LogP contribution < -0.4 is 5.32 Å². The zero-order valence-electron chi connectivity index (χ0n) is 12.6. The van der Waals surface area contributed by atoms with Gasteiger partial charge in [0.1, 0.15) is 0 Å². The van der Waals surface area contributed by atoms with Crippen LogP contribution in [-0.2, 0) is 11.2 Å². The van der Waals surface area contributed by atoms with Crippen LogP contribution in [0.5, 0.6) is 0 Å². The Labute approximate surface area is 126 Å². The topological polar surface area (TPSA) is 29.1 Å². The standard InChI is InChI=1S/C19H23NO/c1-14-6-2-5-9-18(14)20-19(21)13-15-10-11-16-7-3-4-8-17(16)12-15/h3-4,7-8,10-12,14,18H,2,5-6,9,13H2,1H3,(H,20,21)/t14-,18+/m0/s1. The molecule has 1 fully saturated rings. The van der Waals surface area contributed by atoms with E-state index in [1.165, 1.54) is 30.0 Å². The maximum Gasteiger partial charge on any atom is 0.224 e. The quantitative estimate of drug-likeness (QED) is 0.902. The molecule has 1 aliphatic rings. The molecule has 2 nitrogen and oxygen atoms in total. The number of rotatable bonds is 3. The van der Waals surface area contributed by atoms with Crippen LogP contribution in [0.4, 0.5) is 0 Å². The third-order valence-corrected chi connectivity index (χ3v) is 4.64. The third-order valence-electron chi connectivity index (χ3n) is 4.64. The first-order valence-electron chi connectivity index (χ1n) is 7.99. The highest BCUT2D eigenvalue weighted by molar-refractivity contribution is 5.85. The molecule has 0 radical (unpaired) electrons. The molecule has 2 heteroatoms. The summed E-state index contributed by atoms with van der Waals surface area (Å²) in [5, 5.41) is 5.65.